The summed E-state index contributed by atoms with van der Waals surface area (Å²) in [6, 6.07) is 2.19. The van der Waals surface area contributed by atoms with Crippen LogP contribution in [0.5, 0.6) is 0 Å². The van der Waals surface area contributed by atoms with Gasteiger partial charge in [-0.05, 0) is 30.9 Å². The van der Waals surface area contributed by atoms with E-state index < -0.39 is 17.9 Å². The Morgan fingerprint density at radius 2 is 2.18 bits per heavy atom. The number of amides is 1. The molecule has 90 valence electrons. The van der Waals surface area contributed by atoms with Crippen molar-refractivity contribution in [2.24, 2.45) is 5.92 Å². The van der Waals surface area contributed by atoms with Crippen LogP contribution in [-0.4, -0.2) is 28.0 Å². The minimum absolute atomic E-state index is 0.0525. The number of aliphatic carboxylic acids is 1. The van der Waals surface area contributed by atoms with Crippen LogP contribution < -0.4 is 5.32 Å². The van der Waals surface area contributed by atoms with E-state index in [1.165, 1.54) is 18.3 Å². The Labute approximate surface area is 103 Å². The van der Waals surface area contributed by atoms with Crippen LogP contribution in [0.4, 0.5) is 0 Å². The van der Waals surface area contributed by atoms with E-state index in [9.17, 15) is 9.59 Å². The Balaban J connectivity index is 2.04. The predicted octanol–water partition coefficient (Wildman–Crippen LogP) is 1.33. The van der Waals surface area contributed by atoms with Gasteiger partial charge in [0.05, 0.1) is 5.56 Å². The van der Waals surface area contributed by atoms with Gasteiger partial charge in [-0.1, -0.05) is 11.6 Å². The van der Waals surface area contributed by atoms with E-state index in [2.05, 4.69) is 10.3 Å². The average Bonchev–Trinajstić information content (AvgIpc) is 3.10. The Morgan fingerprint density at radius 3 is 2.65 bits per heavy atom. The quantitative estimate of drug-likeness (QED) is 0.795. The highest BCUT2D eigenvalue weighted by Gasteiger charge is 2.37. The first-order chi connectivity index (χ1) is 8.08. The topological polar surface area (TPSA) is 79.3 Å². The van der Waals surface area contributed by atoms with E-state index in [4.69, 9.17) is 16.7 Å². The second-order valence-corrected chi connectivity index (χ2v) is 4.38. The normalized spacial score (nSPS) is 16.3. The molecule has 2 rings (SSSR count). The van der Waals surface area contributed by atoms with Crippen molar-refractivity contribution in [1.82, 2.24) is 10.3 Å². The molecule has 2 N–H and O–H groups in total. The SMILES string of the molecule is O=C(NC(C(=O)O)C1CC1)c1ccc(Cl)nc1. The van der Waals surface area contributed by atoms with Gasteiger partial charge in [0, 0.05) is 6.20 Å². The number of carbonyl (C=O) groups excluding carboxylic acids is 1. The number of pyridine rings is 1. The van der Waals surface area contributed by atoms with E-state index >= 15 is 0 Å². The molecule has 1 aliphatic rings. The van der Waals surface area contributed by atoms with Crippen molar-refractivity contribution in [3.8, 4) is 0 Å². The van der Waals surface area contributed by atoms with Crippen molar-refractivity contribution in [3.05, 3.63) is 29.0 Å². The van der Waals surface area contributed by atoms with Crippen LogP contribution in [0.2, 0.25) is 5.15 Å². The third-order valence-corrected chi connectivity index (χ3v) is 2.86. The first-order valence-corrected chi connectivity index (χ1v) is 5.61. The molecule has 0 aromatic carbocycles. The van der Waals surface area contributed by atoms with E-state index in [1.807, 2.05) is 0 Å². The maximum absolute atomic E-state index is 11.7. The second-order valence-electron chi connectivity index (χ2n) is 4.00. The van der Waals surface area contributed by atoms with Crippen LogP contribution in [0, 0.1) is 5.92 Å². The van der Waals surface area contributed by atoms with E-state index in [-0.39, 0.29) is 5.92 Å². The largest absolute Gasteiger partial charge is 0.480 e. The van der Waals surface area contributed by atoms with Crippen molar-refractivity contribution in [2.75, 3.05) is 0 Å². The standard InChI is InChI=1S/C11H11ClN2O3/c12-8-4-3-7(5-13-8)10(15)14-9(11(16)17)6-1-2-6/h3-6,9H,1-2H2,(H,14,15)(H,16,17). The molecule has 0 bridgehead atoms. The lowest BCUT2D eigenvalue weighted by Crippen LogP contribution is -2.42. The lowest BCUT2D eigenvalue weighted by atomic mass is 10.1. The smallest absolute Gasteiger partial charge is 0.326 e. The zero-order valence-electron chi connectivity index (χ0n) is 8.89. The Kier molecular flexibility index (Phi) is 3.28. The summed E-state index contributed by atoms with van der Waals surface area (Å²) in [5, 5.41) is 11.8. The summed E-state index contributed by atoms with van der Waals surface area (Å²) in [6.07, 6.45) is 3.01. The molecule has 17 heavy (non-hydrogen) atoms. The van der Waals surface area contributed by atoms with Gasteiger partial charge in [0.1, 0.15) is 11.2 Å². The van der Waals surface area contributed by atoms with Gasteiger partial charge in [-0.2, -0.15) is 0 Å². The molecule has 0 radical (unpaired) electrons. The van der Waals surface area contributed by atoms with E-state index in [0.29, 0.717) is 10.7 Å². The molecule has 1 saturated carbocycles. The lowest BCUT2D eigenvalue weighted by molar-refractivity contribution is -0.139. The summed E-state index contributed by atoms with van der Waals surface area (Å²) in [5.74, 6) is -1.38. The van der Waals surface area contributed by atoms with Gasteiger partial charge >= 0.3 is 5.97 Å². The molecule has 1 aromatic rings. The first kappa shape index (κ1) is 11.9. The zero-order chi connectivity index (χ0) is 12.4. The molecular weight excluding hydrogens is 244 g/mol. The van der Waals surface area contributed by atoms with E-state index in [0.717, 1.165) is 12.8 Å². The fourth-order valence-electron chi connectivity index (χ4n) is 1.55. The van der Waals surface area contributed by atoms with Crippen molar-refractivity contribution in [2.45, 2.75) is 18.9 Å². The van der Waals surface area contributed by atoms with Crippen LogP contribution >= 0.6 is 11.6 Å². The first-order valence-electron chi connectivity index (χ1n) is 5.23. The minimum Gasteiger partial charge on any atom is -0.480 e. The monoisotopic (exact) mass is 254 g/mol. The van der Waals surface area contributed by atoms with Gasteiger partial charge < -0.3 is 10.4 Å². The third-order valence-electron chi connectivity index (χ3n) is 2.64. The summed E-state index contributed by atoms with van der Waals surface area (Å²) in [6.45, 7) is 0. The van der Waals surface area contributed by atoms with Gasteiger partial charge in [-0.25, -0.2) is 9.78 Å². The molecule has 1 aliphatic carbocycles. The summed E-state index contributed by atoms with van der Waals surface area (Å²) in [7, 11) is 0. The molecule has 1 aromatic heterocycles. The number of carboxylic acid groups (broad SMARTS) is 1. The van der Waals surface area contributed by atoms with Gasteiger partial charge in [0.15, 0.2) is 0 Å². The third kappa shape index (κ3) is 2.94. The summed E-state index contributed by atoms with van der Waals surface area (Å²) >= 11 is 5.60. The molecule has 1 atom stereocenters. The highest BCUT2D eigenvalue weighted by molar-refractivity contribution is 6.29. The number of nitrogens with one attached hydrogen (secondary N) is 1. The zero-order valence-corrected chi connectivity index (χ0v) is 9.65. The Morgan fingerprint density at radius 1 is 1.47 bits per heavy atom. The van der Waals surface area contributed by atoms with Crippen molar-refractivity contribution >= 4 is 23.5 Å². The number of rotatable bonds is 4. The fourth-order valence-corrected chi connectivity index (χ4v) is 1.66. The number of carboxylic acids is 1. The van der Waals surface area contributed by atoms with Crippen LogP contribution in [0.3, 0.4) is 0 Å². The highest BCUT2D eigenvalue weighted by atomic mass is 35.5. The number of hydrogen-bond donors (Lipinski definition) is 2. The molecular formula is C11H11ClN2O3. The number of nitrogens with zero attached hydrogens (tertiary/aromatic N) is 1. The molecule has 0 spiro atoms. The summed E-state index contributed by atoms with van der Waals surface area (Å²) in [5.41, 5.74) is 0.307. The summed E-state index contributed by atoms with van der Waals surface area (Å²) < 4.78 is 0. The second kappa shape index (κ2) is 4.71. The fraction of sp³-hybridized carbons (Fsp3) is 0.364. The van der Waals surface area contributed by atoms with Gasteiger partial charge in [-0.3, -0.25) is 4.79 Å². The van der Waals surface area contributed by atoms with Crippen LogP contribution in [0.25, 0.3) is 0 Å². The van der Waals surface area contributed by atoms with Crippen molar-refractivity contribution in [1.29, 1.82) is 0 Å². The number of aromatic nitrogens is 1. The number of hydrogen-bond acceptors (Lipinski definition) is 3. The van der Waals surface area contributed by atoms with Gasteiger partial charge in [-0.15, -0.1) is 0 Å². The van der Waals surface area contributed by atoms with Crippen LogP contribution in [-0.2, 0) is 4.79 Å². The molecule has 0 saturated heterocycles. The van der Waals surface area contributed by atoms with E-state index in [1.54, 1.807) is 0 Å². The van der Waals surface area contributed by atoms with Crippen LogP contribution in [0.1, 0.15) is 23.2 Å². The Bertz CT molecular complexity index is 443. The molecule has 1 heterocycles. The minimum atomic E-state index is -0.997. The number of carbonyl (C=O) groups is 2. The van der Waals surface area contributed by atoms with Crippen LogP contribution in [0.15, 0.2) is 18.3 Å². The molecule has 0 aliphatic heterocycles. The summed E-state index contributed by atoms with van der Waals surface area (Å²) in [4.78, 5) is 26.5. The predicted molar refractivity (Wildman–Crippen MR) is 60.9 cm³/mol. The molecule has 1 unspecified atom stereocenters. The van der Waals surface area contributed by atoms with Crippen molar-refractivity contribution in [3.63, 3.8) is 0 Å². The maximum Gasteiger partial charge on any atom is 0.326 e. The maximum atomic E-state index is 11.7. The molecule has 5 nitrogen and oxygen atoms in total. The highest BCUT2D eigenvalue weighted by Crippen LogP contribution is 2.32. The van der Waals surface area contributed by atoms with Crippen molar-refractivity contribution < 1.29 is 14.7 Å². The number of halogens is 1. The van der Waals surface area contributed by atoms with Gasteiger partial charge in [0.25, 0.3) is 5.91 Å². The molecule has 6 heteroatoms. The molecule has 1 amide bonds. The van der Waals surface area contributed by atoms with Gasteiger partial charge in [0.2, 0.25) is 0 Å². The lowest BCUT2D eigenvalue weighted by Gasteiger charge is -2.13. The average molecular weight is 255 g/mol. The Hall–Kier alpha value is -1.62. The molecule has 1 fully saturated rings.